The highest BCUT2D eigenvalue weighted by molar-refractivity contribution is 5.84. The van der Waals surface area contributed by atoms with Crippen LogP contribution in [-0.2, 0) is 17.6 Å². The summed E-state index contributed by atoms with van der Waals surface area (Å²) in [7, 11) is 0. The average Bonchev–Trinajstić information content (AvgIpc) is 3.13. The van der Waals surface area contributed by atoms with E-state index in [4.69, 9.17) is 4.74 Å². The summed E-state index contributed by atoms with van der Waals surface area (Å²) in [6.45, 7) is 4.41. The molecule has 0 amide bonds. The minimum absolute atomic E-state index is 0.348. The zero-order valence-electron chi connectivity index (χ0n) is 11.2. The quantitative estimate of drug-likeness (QED) is 0.814. The molecule has 0 aliphatic heterocycles. The van der Waals surface area contributed by atoms with E-state index in [9.17, 15) is 4.79 Å². The molecule has 2 nitrogen and oxygen atoms in total. The number of carbonyl (C=O) groups is 1. The highest BCUT2D eigenvalue weighted by Gasteiger charge is 2.27. The first-order chi connectivity index (χ1) is 8.63. The predicted molar refractivity (Wildman–Crippen MR) is 71.2 cm³/mol. The van der Waals surface area contributed by atoms with Crippen LogP contribution < -0.4 is 4.74 Å². The Morgan fingerprint density at radius 1 is 1.22 bits per heavy atom. The van der Waals surface area contributed by atoms with Gasteiger partial charge in [-0.05, 0) is 42.4 Å². The lowest BCUT2D eigenvalue weighted by Crippen LogP contribution is -2.16. The molecule has 0 aromatic heterocycles. The van der Waals surface area contributed by atoms with Crippen LogP contribution >= 0.6 is 0 Å². The van der Waals surface area contributed by atoms with Crippen LogP contribution in [0.2, 0.25) is 0 Å². The molecule has 1 aromatic carbocycles. The Kier molecular flexibility index (Phi) is 2.89. The first-order valence-electron chi connectivity index (χ1n) is 6.97. The largest absolute Gasteiger partial charge is 0.490 e. The molecule has 2 heteroatoms. The number of fused-ring (bicyclic) bond motifs is 1. The van der Waals surface area contributed by atoms with Crippen molar-refractivity contribution in [3.8, 4) is 5.75 Å². The molecule has 1 saturated carbocycles. The van der Waals surface area contributed by atoms with E-state index in [1.807, 2.05) is 0 Å². The van der Waals surface area contributed by atoms with E-state index >= 15 is 0 Å². The standard InChI is InChI=1S/C16H20O2/c1-10(2)12-7-11-3-4-13(17)9-15(11)16(8-12)18-14-5-6-14/h7-8,10,14H,3-6,9H2,1-2H3. The second-order valence-electron chi connectivity index (χ2n) is 5.84. The van der Waals surface area contributed by atoms with Gasteiger partial charge < -0.3 is 4.74 Å². The third-order valence-electron chi connectivity index (χ3n) is 3.86. The van der Waals surface area contributed by atoms with Gasteiger partial charge in [0.1, 0.15) is 11.5 Å². The fourth-order valence-electron chi connectivity index (χ4n) is 2.51. The van der Waals surface area contributed by atoms with Crippen molar-refractivity contribution < 1.29 is 9.53 Å². The molecule has 0 radical (unpaired) electrons. The summed E-state index contributed by atoms with van der Waals surface area (Å²) in [5.41, 5.74) is 3.82. The van der Waals surface area contributed by atoms with Gasteiger partial charge in [-0.15, -0.1) is 0 Å². The second kappa shape index (κ2) is 4.42. The van der Waals surface area contributed by atoms with Gasteiger partial charge in [0.25, 0.3) is 0 Å². The van der Waals surface area contributed by atoms with Crippen LogP contribution in [0.5, 0.6) is 5.75 Å². The third kappa shape index (κ3) is 2.29. The number of hydrogen-bond acceptors (Lipinski definition) is 2. The van der Waals surface area contributed by atoms with Crippen molar-refractivity contribution in [3.63, 3.8) is 0 Å². The molecule has 1 fully saturated rings. The van der Waals surface area contributed by atoms with E-state index in [1.165, 1.54) is 11.1 Å². The molecule has 0 N–H and O–H groups in total. The number of carbonyl (C=O) groups excluding carboxylic acids is 1. The van der Waals surface area contributed by atoms with Gasteiger partial charge in [-0.2, -0.15) is 0 Å². The lowest BCUT2D eigenvalue weighted by Gasteiger charge is -2.21. The molecule has 0 atom stereocenters. The number of Topliss-reactive ketones (excluding diaryl/α,β-unsaturated/α-hetero) is 1. The molecule has 0 bridgehead atoms. The fraction of sp³-hybridized carbons (Fsp3) is 0.562. The van der Waals surface area contributed by atoms with E-state index in [0.717, 1.165) is 30.6 Å². The Hall–Kier alpha value is -1.31. The van der Waals surface area contributed by atoms with Gasteiger partial charge in [-0.3, -0.25) is 4.79 Å². The Bertz CT molecular complexity index is 484. The lowest BCUT2D eigenvalue weighted by atomic mass is 9.87. The highest BCUT2D eigenvalue weighted by atomic mass is 16.5. The van der Waals surface area contributed by atoms with Gasteiger partial charge in [0.05, 0.1) is 6.10 Å². The fourth-order valence-corrected chi connectivity index (χ4v) is 2.51. The summed E-state index contributed by atoms with van der Waals surface area (Å²) in [5, 5.41) is 0. The van der Waals surface area contributed by atoms with Crippen LogP contribution in [0.3, 0.4) is 0 Å². The van der Waals surface area contributed by atoms with Crippen molar-refractivity contribution >= 4 is 5.78 Å². The zero-order chi connectivity index (χ0) is 12.7. The first kappa shape index (κ1) is 11.8. The Labute approximate surface area is 108 Å². The summed E-state index contributed by atoms with van der Waals surface area (Å²) in [4.78, 5) is 11.6. The zero-order valence-corrected chi connectivity index (χ0v) is 11.2. The van der Waals surface area contributed by atoms with E-state index in [1.54, 1.807) is 0 Å². The normalized spacial score (nSPS) is 18.9. The number of benzene rings is 1. The van der Waals surface area contributed by atoms with Crippen LogP contribution in [0.15, 0.2) is 12.1 Å². The maximum atomic E-state index is 11.6. The topological polar surface area (TPSA) is 26.3 Å². The van der Waals surface area contributed by atoms with Gasteiger partial charge in [-0.25, -0.2) is 0 Å². The molecule has 0 unspecified atom stereocenters. The van der Waals surface area contributed by atoms with Crippen LogP contribution in [0.1, 0.15) is 55.7 Å². The van der Waals surface area contributed by atoms with Crippen molar-refractivity contribution in [2.75, 3.05) is 0 Å². The molecule has 96 valence electrons. The van der Waals surface area contributed by atoms with Gasteiger partial charge in [0.15, 0.2) is 0 Å². The van der Waals surface area contributed by atoms with Gasteiger partial charge in [0, 0.05) is 18.4 Å². The molecule has 0 heterocycles. The van der Waals surface area contributed by atoms with E-state index in [0.29, 0.717) is 30.6 Å². The second-order valence-corrected chi connectivity index (χ2v) is 5.84. The highest BCUT2D eigenvalue weighted by Crippen LogP contribution is 2.36. The molecule has 0 saturated heterocycles. The number of rotatable bonds is 3. The Morgan fingerprint density at radius 2 is 2.00 bits per heavy atom. The van der Waals surface area contributed by atoms with Gasteiger partial charge >= 0.3 is 0 Å². The molecular weight excluding hydrogens is 224 g/mol. The van der Waals surface area contributed by atoms with Crippen LogP contribution in [-0.4, -0.2) is 11.9 Å². The van der Waals surface area contributed by atoms with Crippen molar-refractivity contribution in [3.05, 3.63) is 28.8 Å². The number of ketones is 1. The van der Waals surface area contributed by atoms with Crippen molar-refractivity contribution in [2.45, 2.75) is 58.0 Å². The van der Waals surface area contributed by atoms with E-state index < -0.39 is 0 Å². The minimum Gasteiger partial charge on any atom is -0.490 e. The Balaban J connectivity index is 2.01. The molecule has 1 aromatic rings. The van der Waals surface area contributed by atoms with Crippen molar-refractivity contribution in [2.24, 2.45) is 0 Å². The summed E-state index contributed by atoms with van der Waals surface area (Å²) in [6.07, 6.45) is 4.86. The number of ether oxygens (including phenoxy) is 1. The summed E-state index contributed by atoms with van der Waals surface area (Å²) < 4.78 is 6.01. The summed E-state index contributed by atoms with van der Waals surface area (Å²) >= 11 is 0. The monoisotopic (exact) mass is 244 g/mol. The average molecular weight is 244 g/mol. The van der Waals surface area contributed by atoms with E-state index in [2.05, 4.69) is 26.0 Å². The van der Waals surface area contributed by atoms with Crippen LogP contribution in [0.25, 0.3) is 0 Å². The minimum atomic E-state index is 0.348. The first-order valence-corrected chi connectivity index (χ1v) is 6.97. The molecule has 3 rings (SSSR count). The van der Waals surface area contributed by atoms with Crippen LogP contribution in [0.4, 0.5) is 0 Å². The molecule has 18 heavy (non-hydrogen) atoms. The van der Waals surface area contributed by atoms with Gasteiger partial charge in [0.2, 0.25) is 0 Å². The SMILES string of the molecule is CC(C)c1cc2c(c(OC3CC3)c1)CC(=O)CC2. The summed E-state index contributed by atoms with van der Waals surface area (Å²) in [6, 6.07) is 4.42. The maximum Gasteiger partial charge on any atom is 0.137 e. The molecular formula is C16H20O2. The maximum absolute atomic E-state index is 11.6. The number of aryl methyl sites for hydroxylation is 1. The van der Waals surface area contributed by atoms with Crippen LogP contribution in [0, 0.1) is 0 Å². The predicted octanol–water partition coefficient (Wildman–Crippen LogP) is 3.41. The smallest absolute Gasteiger partial charge is 0.137 e. The lowest BCUT2D eigenvalue weighted by molar-refractivity contribution is -0.118. The van der Waals surface area contributed by atoms with Crippen molar-refractivity contribution in [1.29, 1.82) is 0 Å². The van der Waals surface area contributed by atoms with Crippen molar-refractivity contribution in [1.82, 2.24) is 0 Å². The Morgan fingerprint density at radius 3 is 2.67 bits per heavy atom. The molecule has 2 aliphatic carbocycles. The van der Waals surface area contributed by atoms with Gasteiger partial charge in [-0.1, -0.05) is 19.9 Å². The van der Waals surface area contributed by atoms with E-state index in [-0.39, 0.29) is 0 Å². The molecule has 2 aliphatic rings. The summed E-state index contributed by atoms with van der Waals surface area (Å²) in [5.74, 6) is 1.83. The third-order valence-corrected chi connectivity index (χ3v) is 3.86. The molecule has 0 spiro atoms. The number of hydrogen-bond donors (Lipinski definition) is 0.